The van der Waals surface area contributed by atoms with Crippen LogP contribution >= 0.6 is 23.2 Å². The molecule has 0 unspecified atom stereocenters. The van der Waals surface area contributed by atoms with Crippen LogP contribution in [0.1, 0.15) is 37.3 Å². The Kier molecular flexibility index (Phi) is 5.08. The molecule has 7 heteroatoms. The van der Waals surface area contributed by atoms with Crippen LogP contribution in [0.5, 0.6) is 0 Å². The van der Waals surface area contributed by atoms with Crippen LogP contribution in [-0.4, -0.2) is 9.97 Å². The predicted octanol–water partition coefficient (Wildman–Crippen LogP) is 3.75. The number of benzene rings is 2. The van der Waals surface area contributed by atoms with Crippen molar-refractivity contribution in [2.75, 3.05) is 0 Å². The molecule has 2 atom stereocenters. The van der Waals surface area contributed by atoms with Gasteiger partial charge in [0.15, 0.2) is 5.82 Å². The molecule has 4 nitrogen and oxygen atoms in total. The van der Waals surface area contributed by atoms with Crippen molar-refractivity contribution in [1.29, 1.82) is 0 Å². The van der Waals surface area contributed by atoms with Crippen LogP contribution in [-0.2, 0) is 0 Å². The van der Waals surface area contributed by atoms with Crippen LogP contribution in [0.15, 0.2) is 41.2 Å². The van der Waals surface area contributed by atoms with Gasteiger partial charge in [-0.15, -0.1) is 0 Å². The highest BCUT2D eigenvalue weighted by Crippen LogP contribution is 2.27. The van der Waals surface area contributed by atoms with E-state index in [1.165, 1.54) is 12.1 Å². The van der Waals surface area contributed by atoms with Crippen molar-refractivity contribution >= 4 is 34.1 Å². The van der Waals surface area contributed by atoms with E-state index in [2.05, 4.69) is 9.97 Å². The molecular weight excluding hydrogens is 364 g/mol. The van der Waals surface area contributed by atoms with Gasteiger partial charge < -0.3 is 10.3 Å². The second-order valence-corrected chi connectivity index (χ2v) is 6.84. The topological polar surface area (TPSA) is 62.4 Å². The molecule has 25 heavy (non-hydrogen) atoms. The van der Waals surface area contributed by atoms with Crippen molar-refractivity contribution in [1.82, 2.24) is 9.97 Å². The zero-order chi connectivity index (χ0) is 18.1. The van der Waals surface area contributed by atoms with Gasteiger partial charge in [-0.05, 0) is 38.1 Å². The standard InChI is InChI=1S/C18H16Cl2FN3O/c1-9(12-7-15(21)14(20)8-13(12)19)22-10(2)17-23-16-6-4-3-5-11(16)18(25)24-17/h3-10,22H,1-2H3,(H,23,24,25)/p+1/t9-,10-/m1/s1. The summed E-state index contributed by atoms with van der Waals surface area (Å²) in [4.78, 5) is 19.5. The number of hydrogen-bond donors (Lipinski definition) is 2. The van der Waals surface area contributed by atoms with Gasteiger partial charge in [-0.2, -0.15) is 0 Å². The van der Waals surface area contributed by atoms with Crippen molar-refractivity contribution in [2.24, 2.45) is 0 Å². The molecule has 1 aromatic heterocycles. The zero-order valence-electron chi connectivity index (χ0n) is 13.7. The van der Waals surface area contributed by atoms with E-state index >= 15 is 0 Å². The maximum atomic E-state index is 13.7. The first-order valence-corrected chi connectivity index (χ1v) is 8.60. The summed E-state index contributed by atoms with van der Waals surface area (Å²) in [5.41, 5.74) is 1.10. The van der Waals surface area contributed by atoms with Gasteiger partial charge in [0, 0.05) is 5.56 Å². The first-order chi connectivity index (χ1) is 11.9. The van der Waals surface area contributed by atoms with Gasteiger partial charge in [-0.25, -0.2) is 9.37 Å². The number of H-pyrrole nitrogens is 1. The van der Waals surface area contributed by atoms with Gasteiger partial charge in [0.05, 0.1) is 20.9 Å². The van der Waals surface area contributed by atoms with E-state index in [4.69, 9.17) is 23.2 Å². The van der Waals surface area contributed by atoms with E-state index in [9.17, 15) is 9.18 Å². The van der Waals surface area contributed by atoms with E-state index < -0.39 is 5.82 Å². The number of quaternary nitrogens is 1. The van der Waals surface area contributed by atoms with Crippen LogP contribution < -0.4 is 10.9 Å². The Morgan fingerprint density at radius 1 is 1.12 bits per heavy atom. The lowest BCUT2D eigenvalue weighted by atomic mass is 10.1. The second-order valence-electron chi connectivity index (χ2n) is 6.03. The van der Waals surface area contributed by atoms with Gasteiger partial charge in [0.25, 0.3) is 5.56 Å². The normalized spacial score (nSPS) is 13.8. The van der Waals surface area contributed by atoms with Gasteiger partial charge >= 0.3 is 0 Å². The van der Waals surface area contributed by atoms with Gasteiger partial charge in [-0.3, -0.25) is 4.79 Å². The van der Waals surface area contributed by atoms with E-state index in [-0.39, 0.29) is 22.7 Å². The molecule has 2 aromatic carbocycles. The Bertz CT molecular complexity index is 990. The molecule has 0 aliphatic rings. The molecule has 0 spiro atoms. The van der Waals surface area contributed by atoms with Gasteiger partial charge in [-0.1, -0.05) is 35.3 Å². The first kappa shape index (κ1) is 17.9. The Balaban J connectivity index is 1.88. The molecule has 3 aromatic rings. The SMILES string of the molecule is C[C@@H]([NH2+][C@H](C)c1cc(F)c(Cl)cc1Cl)c1nc2ccccc2c(=O)[nH]1. The van der Waals surface area contributed by atoms with Gasteiger partial charge in [0.2, 0.25) is 0 Å². The third-order valence-corrected chi connectivity index (χ3v) is 4.79. The van der Waals surface area contributed by atoms with E-state index in [0.717, 1.165) is 0 Å². The lowest BCUT2D eigenvalue weighted by molar-refractivity contribution is -0.729. The maximum absolute atomic E-state index is 13.7. The Morgan fingerprint density at radius 3 is 2.60 bits per heavy atom. The summed E-state index contributed by atoms with van der Waals surface area (Å²) in [7, 11) is 0. The number of fused-ring (bicyclic) bond motifs is 1. The molecule has 0 saturated carbocycles. The van der Waals surface area contributed by atoms with Crippen molar-refractivity contribution in [3.8, 4) is 0 Å². The van der Waals surface area contributed by atoms with E-state index in [1.54, 1.807) is 18.2 Å². The fourth-order valence-corrected chi connectivity index (χ4v) is 3.39. The molecule has 0 amide bonds. The molecule has 0 saturated heterocycles. The molecular formula is C18H17Cl2FN3O+. The summed E-state index contributed by atoms with van der Waals surface area (Å²) in [5.74, 6) is 0.0484. The fraction of sp³-hybridized carbons (Fsp3) is 0.222. The summed E-state index contributed by atoms with van der Waals surface area (Å²) < 4.78 is 13.7. The maximum Gasteiger partial charge on any atom is 0.258 e. The minimum absolute atomic E-state index is 0.00507. The van der Waals surface area contributed by atoms with Crippen LogP contribution in [0, 0.1) is 5.82 Å². The molecule has 130 valence electrons. The van der Waals surface area contributed by atoms with Crippen LogP contribution in [0.4, 0.5) is 4.39 Å². The number of nitrogens with one attached hydrogen (secondary N) is 1. The third kappa shape index (κ3) is 3.68. The van der Waals surface area contributed by atoms with Crippen molar-refractivity contribution < 1.29 is 9.71 Å². The molecule has 1 heterocycles. The van der Waals surface area contributed by atoms with Crippen LogP contribution in [0.25, 0.3) is 10.9 Å². The summed E-state index contributed by atoms with van der Waals surface area (Å²) in [6.45, 7) is 3.83. The largest absolute Gasteiger partial charge is 0.332 e. The summed E-state index contributed by atoms with van der Waals surface area (Å²) in [6.07, 6.45) is 0. The third-order valence-electron chi connectivity index (χ3n) is 4.17. The van der Waals surface area contributed by atoms with Crippen molar-refractivity contribution in [3.63, 3.8) is 0 Å². The summed E-state index contributed by atoms with van der Waals surface area (Å²) >= 11 is 11.9. The molecule has 0 fully saturated rings. The van der Waals surface area contributed by atoms with Gasteiger partial charge in [0.1, 0.15) is 17.9 Å². The Morgan fingerprint density at radius 2 is 1.84 bits per heavy atom. The lowest BCUT2D eigenvalue weighted by Gasteiger charge is -2.18. The molecule has 0 aliphatic heterocycles. The smallest absolute Gasteiger partial charge is 0.258 e. The highest BCUT2D eigenvalue weighted by atomic mass is 35.5. The zero-order valence-corrected chi connectivity index (χ0v) is 15.2. The number of nitrogens with two attached hydrogens (primary N) is 1. The molecule has 0 radical (unpaired) electrons. The number of aromatic amines is 1. The summed E-state index contributed by atoms with van der Waals surface area (Å²) in [6, 6.07) is 9.62. The molecule has 3 N–H and O–H groups in total. The Labute approximate surface area is 154 Å². The van der Waals surface area contributed by atoms with Crippen molar-refractivity contribution in [2.45, 2.75) is 25.9 Å². The lowest BCUT2D eigenvalue weighted by Crippen LogP contribution is -2.85. The number of rotatable bonds is 4. The average Bonchev–Trinajstić information content (AvgIpc) is 2.58. The number of aromatic nitrogens is 2. The average molecular weight is 381 g/mol. The highest BCUT2D eigenvalue weighted by Gasteiger charge is 2.21. The molecule has 0 bridgehead atoms. The quantitative estimate of drug-likeness (QED) is 0.676. The Hall–Kier alpha value is -1.95. The minimum atomic E-state index is -0.508. The number of halogens is 3. The monoisotopic (exact) mass is 380 g/mol. The predicted molar refractivity (Wildman–Crippen MR) is 97.5 cm³/mol. The van der Waals surface area contributed by atoms with E-state index in [1.807, 2.05) is 25.2 Å². The van der Waals surface area contributed by atoms with Crippen LogP contribution in [0.2, 0.25) is 10.0 Å². The van der Waals surface area contributed by atoms with Crippen molar-refractivity contribution in [3.05, 3.63) is 74.0 Å². The molecule has 0 aliphatic carbocycles. The molecule has 3 rings (SSSR count). The first-order valence-electron chi connectivity index (χ1n) is 7.85. The van der Waals surface area contributed by atoms with Crippen LogP contribution in [0.3, 0.4) is 0 Å². The highest BCUT2D eigenvalue weighted by molar-refractivity contribution is 6.35. The fourth-order valence-electron chi connectivity index (χ4n) is 2.83. The number of hydrogen-bond acceptors (Lipinski definition) is 2. The number of para-hydroxylation sites is 1. The minimum Gasteiger partial charge on any atom is -0.332 e. The number of nitrogens with zero attached hydrogens (tertiary/aromatic N) is 1. The summed E-state index contributed by atoms with van der Waals surface area (Å²) in [5, 5.41) is 2.91. The second kappa shape index (κ2) is 7.12. The van der Waals surface area contributed by atoms with E-state index in [0.29, 0.717) is 27.3 Å².